The Morgan fingerprint density at radius 3 is 2.25 bits per heavy atom. The van der Waals surface area contributed by atoms with Crippen LogP contribution in [0.3, 0.4) is 0 Å². The highest BCUT2D eigenvalue weighted by molar-refractivity contribution is 7.92. The van der Waals surface area contributed by atoms with Crippen molar-refractivity contribution in [2.75, 3.05) is 22.6 Å². The van der Waals surface area contributed by atoms with Crippen LogP contribution in [0.4, 0.5) is 11.6 Å². The molecule has 1 aromatic heterocycles. The van der Waals surface area contributed by atoms with E-state index in [9.17, 15) is 21.6 Å². The van der Waals surface area contributed by atoms with Crippen molar-refractivity contribution in [3.8, 4) is 0 Å². The first-order chi connectivity index (χ1) is 14.9. The highest BCUT2D eigenvalue weighted by Crippen LogP contribution is 2.40. The number of halogens is 1. The van der Waals surface area contributed by atoms with Gasteiger partial charge < -0.3 is 5.32 Å². The van der Waals surface area contributed by atoms with Crippen LogP contribution in [0.5, 0.6) is 0 Å². The Labute approximate surface area is 193 Å². The van der Waals surface area contributed by atoms with Crippen molar-refractivity contribution in [2.24, 2.45) is 5.92 Å². The summed E-state index contributed by atoms with van der Waals surface area (Å²) in [6.07, 6.45) is 8.89. The van der Waals surface area contributed by atoms with Crippen molar-refractivity contribution in [3.63, 3.8) is 0 Å². The SMILES string of the molecule is CS(=O)(=O)Nc1cnc(NC(=O)C[C@@H](c2ccc(S(C)(=O)=O)c(Cl)c2)C2CCCC2)cn1. The maximum absolute atomic E-state index is 12.8. The zero-order valence-corrected chi connectivity index (χ0v) is 20.1. The van der Waals surface area contributed by atoms with Crippen molar-refractivity contribution in [1.82, 2.24) is 9.97 Å². The Morgan fingerprint density at radius 2 is 1.72 bits per heavy atom. The average molecular weight is 501 g/mol. The summed E-state index contributed by atoms with van der Waals surface area (Å²) in [5, 5.41) is 2.83. The van der Waals surface area contributed by atoms with Crippen LogP contribution in [0.2, 0.25) is 5.02 Å². The number of sulfonamides is 1. The van der Waals surface area contributed by atoms with Crippen LogP contribution in [0.25, 0.3) is 0 Å². The van der Waals surface area contributed by atoms with Crippen LogP contribution in [-0.2, 0) is 24.7 Å². The van der Waals surface area contributed by atoms with Crippen LogP contribution < -0.4 is 10.0 Å². The van der Waals surface area contributed by atoms with Crippen molar-refractivity contribution in [3.05, 3.63) is 41.2 Å². The summed E-state index contributed by atoms with van der Waals surface area (Å²) in [7, 11) is -6.92. The van der Waals surface area contributed by atoms with Gasteiger partial charge in [-0.1, -0.05) is 30.5 Å². The molecule has 1 amide bonds. The van der Waals surface area contributed by atoms with Crippen molar-refractivity contribution >= 4 is 49.0 Å². The zero-order valence-electron chi connectivity index (χ0n) is 17.7. The van der Waals surface area contributed by atoms with Gasteiger partial charge in [0, 0.05) is 12.7 Å². The second kappa shape index (κ2) is 9.72. The smallest absolute Gasteiger partial charge is 0.231 e. The molecule has 2 N–H and O–H groups in total. The van der Waals surface area contributed by atoms with E-state index in [1.54, 1.807) is 12.1 Å². The average Bonchev–Trinajstić information content (AvgIpc) is 3.20. The number of amides is 1. The third-order valence-electron chi connectivity index (χ3n) is 5.37. The number of anilines is 2. The number of sulfone groups is 1. The van der Waals surface area contributed by atoms with E-state index in [0.717, 1.165) is 43.8 Å². The minimum atomic E-state index is -3.47. The fourth-order valence-electron chi connectivity index (χ4n) is 3.99. The van der Waals surface area contributed by atoms with Gasteiger partial charge in [-0.05, 0) is 42.4 Å². The van der Waals surface area contributed by atoms with Gasteiger partial charge in [0.2, 0.25) is 15.9 Å². The van der Waals surface area contributed by atoms with Gasteiger partial charge in [-0.15, -0.1) is 0 Å². The second-order valence-electron chi connectivity index (χ2n) is 8.03. The molecule has 1 heterocycles. The van der Waals surface area contributed by atoms with Crippen LogP contribution >= 0.6 is 11.6 Å². The number of benzene rings is 1. The molecule has 2 aromatic rings. The lowest BCUT2D eigenvalue weighted by Gasteiger charge is -2.24. The lowest BCUT2D eigenvalue weighted by molar-refractivity contribution is -0.116. The van der Waals surface area contributed by atoms with Crippen LogP contribution in [0, 0.1) is 5.92 Å². The number of carbonyl (C=O) groups is 1. The third-order valence-corrected chi connectivity index (χ3v) is 7.53. The molecule has 1 fully saturated rings. The number of hydrogen-bond donors (Lipinski definition) is 2. The fraction of sp³-hybridized carbons (Fsp3) is 0.450. The number of hydrogen-bond acceptors (Lipinski definition) is 7. The van der Waals surface area contributed by atoms with Crippen molar-refractivity contribution < 1.29 is 21.6 Å². The summed E-state index contributed by atoms with van der Waals surface area (Å²) < 4.78 is 48.5. The lowest BCUT2D eigenvalue weighted by atomic mass is 9.82. The molecule has 1 aliphatic carbocycles. The molecule has 3 rings (SSSR count). The molecule has 0 aliphatic heterocycles. The minimum absolute atomic E-state index is 0.0509. The van der Waals surface area contributed by atoms with E-state index in [1.807, 2.05) is 0 Å². The Morgan fingerprint density at radius 1 is 1.09 bits per heavy atom. The first-order valence-electron chi connectivity index (χ1n) is 10.0. The largest absolute Gasteiger partial charge is 0.309 e. The van der Waals surface area contributed by atoms with E-state index in [2.05, 4.69) is 20.0 Å². The van der Waals surface area contributed by atoms with Crippen LogP contribution in [0.1, 0.15) is 43.6 Å². The third kappa shape index (κ3) is 6.63. The summed E-state index contributed by atoms with van der Waals surface area (Å²) in [4.78, 5) is 20.8. The molecule has 0 radical (unpaired) electrons. The minimum Gasteiger partial charge on any atom is -0.309 e. The number of carbonyl (C=O) groups excluding carboxylic acids is 1. The van der Waals surface area contributed by atoms with Gasteiger partial charge in [0.1, 0.15) is 0 Å². The molecule has 32 heavy (non-hydrogen) atoms. The fourth-order valence-corrected chi connectivity index (χ4v) is 5.82. The van der Waals surface area contributed by atoms with Gasteiger partial charge in [-0.2, -0.15) is 0 Å². The molecule has 1 atom stereocenters. The second-order valence-corrected chi connectivity index (χ2v) is 12.2. The molecule has 1 saturated carbocycles. The summed E-state index contributed by atoms with van der Waals surface area (Å²) in [6.45, 7) is 0. The summed E-state index contributed by atoms with van der Waals surface area (Å²) in [5.41, 5.74) is 0.822. The van der Waals surface area contributed by atoms with E-state index in [4.69, 9.17) is 11.6 Å². The summed E-state index contributed by atoms with van der Waals surface area (Å²) in [5.74, 6) is 0.138. The van der Waals surface area contributed by atoms with Gasteiger partial charge in [-0.25, -0.2) is 26.8 Å². The van der Waals surface area contributed by atoms with Gasteiger partial charge in [0.05, 0.1) is 28.6 Å². The molecule has 1 aromatic carbocycles. The van der Waals surface area contributed by atoms with E-state index in [-0.39, 0.29) is 45.7 Å². The van der Waals surface area contributed by atoms with Gasteiger partial charge >= 0.3 is 0 Å². The number of rotatable bonds is 8. The number of aromatic nitrogens is 2. The van der Waals surface area contributed by atoms with Crippen molar-refractivity contribution in [1.29, 1.82) is 0 Å². The molecular weight excluding hydrogens is 476 g/mol. The molecule has 0 spiro atoms. The molecule has 12 heteroatoms. The predicted octanol–water partition coefficient (Wildman–Crippen LogP) is 3.21. The maximum Gasteiger partial charge on any atom is 0.231 e. The van der Waals surface area contributed by atoms with Gasteiger partial charge in [0.15, 0.2) is 21.5 Å². The van der Waals surface area contributed by atoms with Crippen molar-refractivity contribution in [2.45, 2.75) is 42.9 Å². The van der Waals surface area contributed by atoms with E-state index >= 15 is 0 Å². The predicted molar refractivity (Wildman–Crippen MR) is 123 cm³/mol. The quantitative estimate of drug-likeness (QED) is 0.568. The van der Waals surface area contributed by atoms with E-state index in [1.165, 1.54) is 18.5 Å². The van der Waals surface area contributed by atoms with Gasteiger partial charge in [0.25, 0.3) is 0 Å². The van der Waals surface area contributed by atoms with Gasteiger partial charge in [-0.3, -0.25) is 9.52 Å². The van der Waals surface area contributed by atoms with Crippen LogP contribution in [-0.4, -0.2) is 45.2 Å². The van der Waals surface area contributed by atoms with E-state index < -0.39 is 19.9 Å². The standard InChI is InChI=1S/C20H25ClN4O5S2/c1-31(27,28)17-8-7-14(9-16(17)21)15(13-5-3-4-6-13)10-20(26)24-18-11-23-19(12-22-18)25-32(2,29)30/h7-9,11-13,15H,3-6,10H2,1-2H3,(H,23,25)(H,22,24,26)/t15-/m1/s1. The maximum atomic E-state index is 12.8. The van der Waals surface area contributed by atoms with Crippen LogP contribution in [0.15, 0.2) is 35.5 Å². The molecule has 1 aliphatic rings. The number of nitrogens with zero attached hydrogens (tertiary/aromatic N) is 2. The highest BCUT2D eigenvalue weighted by atomic mass is 35.5. The normalized spacial score (nSPS) is 16.0. The van der Waals surface area contributed by atoms with E-state index in [0.29, 0.717) is 0 Å². The first-order valence-corrected chi connectivity index (χ1v) is 14.2. The molecule has 0 unspecified atom stereocenters. The molecule has 9 nitrogen and oxygen atoms in total. The molecular formula is C20H25ClN4O5S2. The topological polar surface area (TPSA) is 135 Å². The molecule has 174 valence electrons. The molecule has 0 bridgehead atoms. The monoisotopic (exact) mass is 500 g/mol. The Hall–Kier alpha value is -2.24. The Kier molecular flexibility index (Phi) is 7.41. The lowest BCUT2D eigenvalue weighted by Crippen LogP contribution is -2.21. The molecule has 0 saturated heterocycles. The Bertz CT molecular complexity index is 1190. The highest BCUT2D eigenvalue weighted by Gasteiger charge is 2.29. The summed E-state index contributed by atoms with van der Waals surface area (Å²) >= 11 is 6.24. The zero-order chi connectivity index (χ0) is 23.5. The summed E-state index contributed by atoms with van der Waals surface area (Å²) in [6, 6.07) is 4.86. The number of nitrogens with one attached hydrogen (secondary N) is 2. The first kappa shape index (κ1) is 24.4. The Balaban J connectivity index is 1.76.